The number of halogens is 1. The normalized spacial score (nSPS) is 9.86. The quantitative estimate of drug-likeness (QED) is 0.709. The summed E-state index contributed by atoms with van der Waals surface area (Å²) in [6.07, 6.45) is 0. The Balaban J connectivity index is 2.89. The summed E-state index contributed by atoms with van der Waals surface area (Å²) in [6.45, 7) is 1.09. The minimum absolute atomic E-state index is 0.0914. The molecule has 0 unspecified atom stereocenters. The second-order valence-electron chi connectivity index (χ2n) is 2.72. The minimum atomic E-state index is -1.04. The molecule has 0 atom stereocenters. The highest BCUT2D eigenvalue weighted by Crippen LogP contribution is 2.20. The van der Waals surface area contributed by atoms with Crippen LogP contribution in [0.15, 0.2) is 18.2 Å². The summed E-state index contributed by atoms with van der Waals surface area (Å²) >= 11 is 5.69. The first-order valence-corrected chi connectivity index (χ1v) is 4.49. The Morgan fingerprint density at radius 1 is 1.57 bits per heavy atom. The topological polar surface area (TPSA) is 75.3 Å². The number of hydrogen-bond donors (Lipinski definition) is 3. The molecule has 4 N–H and O–H groups in total. The lowest BCUT2D eigenvalue weighted by molar-refractivity contribution is 0.0697. The Hall–Kier alpha value is -1.26. The van der Waals surface area contributed by atoms with Crippen LogP contribution in [0.3, 0.4) is 0 Å². The third-order valence-electron chi connectivity index (χ3n) is 1.67. The number of nitrogens with one attached hydrogen (secondary N) is 1. The van der Waals surface area contributed by atoms with Gasteiger partial charge in [-0.1, -0.05) is 11.6 Å². The fourth-order valence-corrected chi connectivity index (χ4v) is 1.21. The van der Waals surface area contributed by atoms with Gasteiger partial charge in [0.15, 0.2) is 0 Å². The van der Waals surface area contributed by atoms with Crippen LogP contribution < -0.4 is 11.1 Å². The molecular weight excluding hydrogens is 204 g/mol. The molecule has 0 fully saturated rings. The van der Waals surface area contributed by atoms with Crippen LogP contribution in [0.2, 0.25) is 5.02 Å². The molecule has 0 aliphatic carbocycles. The van der Waals surface area contributed by atoms with Crippen molar-refractivity contribution < 1.29 is 9.90 Å². The standard InChI is InChI=1S/C9H11ClN2O2/c10-8-2-1-6(12-4-3-11)5-7(8)9(13)14/h1-2,5,12H,3-4,11H2,(H,13,14). The molecular formula is C9H11ClN2O2. The van der Waals surface area contributed by atoms with Crippen molar-refractivity contribution in [3.8, 4) is 0 Å². The van der Waals surface area contributed by atoms with E-state index in [0.717, 1.165) is 0 Å². The first kappa shape index (κ1) is 10.8. The Kier molecular flexibility index (Phi) is 3.73. The number of aromatic carboxylic acids is 1. The van der Waals surface area contributed by atoms with E-state index in [0.29, 0.717) is 18.8 Å². The zero-order valence-corrected chi connectivity index (χ0v) is 8.21. The van der Waals surface area contributed by atoms with Crippen molar-refractivity contribution in [3.05, 3.63) is 28.8 Å². The summed E-state index contributed by atoms with van der Waals surface area (Å²) in [7, 11) is 0. The van der Waals surface area contributed by atoms with Crippen LogP contribution in [0.1, 0.15) is 10.4 Å². The van der Waals surface area contributed by atoms with E-state index in [1.807, 2.05) is 0 Å². The van der Waals surface area contributed by atoms with Crippen molar-refractivity contribution in [2.75, 3.05) is 18.4 Å². The lowest BCUT2D eigenvalue weighted by atomic mass is 10.2. The number of rotatable bonds is 4. The van der Waals surface area contributed by atoms with Gasteiger partial charge in [0, 0.05) is 18.8 Å². The van der Waals surface area contributed by atoms with Gasteiger partial charge in [0.1, 0.15) is 0 Å². The monoisotopic (exact) mass is 214 g/mol. The van der Waals surface area contributed by atoms with Gasteiger partial charge in [-0.2, -0.15) is 0 Å². The van der Waals surface area contributed by atoms with Crippen LogP contribution in [0.5, 0.6) is 0 Å². The van der Waals surface area contributed by atoms with E-state index in [-0.39, 0.29) is 10.6 Å². The molecule has 0 spiro atoms. The lowest BCUT2D eigenvalue weighted by Gasteiger charge is -2.06. The lowest BCUT2D eigenvalue weighted by Crippen LogP contribution is -2.13. The Labute approximate surface area is 86.7 Å². The van der Waals surface area contributed by atoms with Crippen molar-refractivity contribution in [1.29, 1.82) is 0 Å². The molecule has 5 heteroatoms. The van der Waals surface area contributed by atoms with Gasteiger partial charge in [0.2, 0.25) is 0 Å². The summed E-state index contributed by atoms with van der Waals surface area (Å²) in [4.78, 5) is 10.7. The van der Waals surface area contributed by atoms with Gasteiger partial charge in [-0.25, -0.2) is 4.79 Å². The fraction of sp³-hybridized carbons (Fsp3) is 0.222. The van der Waals surface area contributed by atoms with Crippen molar-refractivity contribution in [2.45, 2.75) is 0 Å². The highest BCUT2D eigenvalue weighted by Gasteiger charge is 2.08. The second kappa shape index (κ2) is 4.83. The average Bonchev–Trinajstić information content (AvgIpc) is 2.16. The summed E-state index contributed by atoms with van der Waals surface area (Å²) in [6, 6.07) is 4.74. The number of hydrogen-bond acceptors (Lipinski definition) is 3. The Morgan fingerprint density at radius 3 is 2.86 bits per heavy atom. The molecule has 0 aromatic heterocycles. The van der Waals surface area contributed by atoms with Crippen molar-refractivity contribution >= 4 is 23.3 Å². The first-order chi connectivity index (χ1) is 6.65. The number of carboxylic acid groups (broad SMARTS) is 1. The highest BCUT2D eigenvalue weighted by atomic mass is 35.5. The number of benzene rings is 1. The zero-order valence-electron chi connectivity index (χ0n) is 7.46. The van der Waals surface area contributed by atoms with Gasteiger partial charge in [-0.05, 0) is 18.2 Å². The highest BCUT2D eigenvalue weighted by molar-refractivity contribution is 6.33. The SMILES string of the molecule is NCCNc1ccc(Cl)c(C(=O)O)c1. The van der Waals surface area contributed by atoms with Crippen LogP contribution in [0.4, 0.5) is 5.69 Å². The van der Waals surface area contributed by atoms with Gasteiger partial charge in [0.05, 0.1) is 10.6 Å². The molecule has 1 aromatic carbocycles. The van der Waals surface area contributed by atoms with Crippen LogP contribution in [-0.2, 0) is 0 Å². The fourth-order valence-electron chi connectivity index (χ4n) is 1.02. The molecule has 1 rings (SSSR count). The third kappa shape index (κ3) is 2.61. The van der Waals surface area contributed by atoms with Gasteiger partial charge >= 0.3 is 5.97 Å². The molecule has 0 bridgehead atoms. The van der Waals surface area contributed by atoms with Crippen LogP contribution >= 0.6 is 11.6 Å². The van der Waals surface area contributed by atoms with Crippen molar-refractivity contribution in [2.24, 2.45) is 5.73 Å². The first-order valence-electron chi connectivity index (χ1n) is 4.12. The predicted molar refractivity (Wildman–Crippen MR) is 56.0 cm³/mol. The molecule has 14 heavy (non-hydrogen) atoms. The number of anilines is 1. The van der Waals surface area contributed by atoms with Crippen molar-refractivity contribution in [3.63, 3.8) is 0 Å². The molecule has 4 nitrogen and oxygen atoms in total. The van der Waals surface area contributed by atoms with Crippen molar-refractivity contribution in [1.82, 2.24) is 0 Å². The van der Waals surface area contributed by atoms with Crippen LogP contribution in [0.25, 0.3) is 0 Å². The minimum Gasteiger partial charge on any atom is -0.478 e. The summed E-state index contributed by atoms with van der Waals surface area (Å²) in [5, 5.41) is 12.0. The molecule has 0 radical (unpaired) electrons. The predicted octanol–water partition coefficient (Wildman–Crippen LogP) is 1.41. The van der Waals surface area contributed by atoms with E-state index in [1.54, 1.807) is 12.1 Å². The van der Waals surface area contributed by atoms with Gasteiger partial charge in [-0.3, -0.25) is 0 Å². The van der Waals surface area contributed by atoms with E-state index < -0.39 is 5.97 Å². The molecule has 0 aliphatic heterocycles. The molecule has 0 saturated carbocycles. The van der Waals surface area contributed by atoms with Crippen LogP contribution in [-0.4, -0.2) is 24.2 Å². The summed E-state index contributed by atoms with van der Waals surface area (Å²) in [5.41, 5.74) is 6.10. The second-order valence-corrected chi connectivity index (χ2v) is 3.12. The maximum Gasteiger partial charge on any atom is 0.337 e. The largest absolute Gasteiger partial charge is 0.478 e. The maximum atomic E-state index is 10.7. The summed E-state index contributed by atoms with van der Waals surface area (Å²) in [5.74, 6) is -1.04. The van der Waals surface area contributed by atoms with Gasteiger partial charge in [-0.15, -0.1) is 0 Å². The summed E-state index contributed by atoms with van der Waals surface area (Å²) < 4.78 is 0. The average molecular weight is 215 g/mol. The van der Waals surface area contributed by atoms with E-state index >= 15 is 0 Å². The smallest absolute Gasteiger partial charge is 0.337 e. The van der Waals surface area contributed by atoms with Gasteiger partial charge in [0.25, 0.3) is 0 Å². The van der Waals surface area contributed by atoms with E-state index in [2.05, 4.69) is 5.32 Å². The van der Waals surface area contributed by atoms with Gasteiger partial charge < -0.3 is 16.2 Å². The Bertz CT molecular complexity index is 342. The maximum absolute atomic E-state index is 10.7. The molecule has 0 amide bonds. The molecule has 76 valence electrons. The van der Waals surface area contributed by atoms with Crippen LogP contribution in [0, 0.1) is 0 Å². The number of nitrogens with two attached hydrogens (primary N) is 1. The zero-order chi connectivity index (χ0) is 10.6. The number of carbonyl (C=O) groups is 1. The van der Waals surface area contributed by atoms with E-state index in [9.17, 15) is 4.79 Å². The molecule has 0 saturated heterocycles. The number of carboxylic acids is 1. The third-order valence-corrected chi connectivity index (χ3v) is 2.00. The van der Waals surface area contributed by atoms with E-state index in [1.165, 1.54) is 6.07 Å². The Morgan fingerprint density at radius 2 is 2.29 bits per heavy atom. The van der Waals surface area contributed by atoms with E-state index in [4.69, 9.17) is 22.4 Å². The molecule has 1 aromatic rings. The molecule has 0 aliphatic rings. The molecule has 0 heterocycles.